The van der Waals surface area contributed by atoms with Crippen LogP contribution in [-0.4, -0.2) is 12.6 Å². The molecule has 0 heterocycles. The Bertz CT molecular complexity index is 816. The Morgan fingerprint density at radius 1 is 0.765 bits per heavy atom. The second kappa shape index (κ2) is 7.98. The Hall–Kier alpha value is -0.530. The zero-order valence-corrected chi connectivity index (χ0v) is 23.8. The van der Waals surface area contributed by atoms with Gasteiger partial charge in [0.1, 0.15) is 0 Å². The lowest BCUT2D eigenvalue weighted by Gasteiger charge is -2.73. The van der Waals surface area contributed by atoms with Gasteiger partial charge in [-0.15, -0.1) is 0 Å². The van der Waals surface area contributed by atoms with Gasteiger partial charge in [-0.3, -0.25) is 4.79 Å². The van der Waals surface area contributed by atoms with Gasteiger partial charge in [0.05, 0.1) is 6.61 Å². The number of ether oxygens (including phenoxy) is 1. The van der Waals surface area contributed by atoms with Crippen molar-refractivity contribution >= 4 is 5.97 Å². The van der Waals surface area contributed by atoms with Crippen LogP contribution in [0.25, 0.3) is 0 Å². The molecule has 5 fully saturated rings. The normalized spacial score (nSPS) is 52.5. The molecule has 2 nitrogen and oxygen atoms in total. The lowest BCUT2D eigenvalue weighted by molar-refractivity contribution is -0.241. The summed E-state index contributed by atoms with van der Waals surface area (Å²) in [6.07, 6.45) is 15.7. The SMILES string of the molecule is CC(=O)OC[C@H](C)[C@H]1CC[C@]2(C)[C@H]3CC[C@@H]4[C@@]5(C)CCCC(C)(C)[C@@H]5CC[C@@]4(C)[C@]3(C)CC[C@@H]12. The van der Waals surface area contributed by atoms with Gasteiger partial charge >= 0.3 is 5.97 Å². The first-order valence-corrected chi connectivity index (χ1v) is 14.9. The molecule has 2 heteroatoms. The molecule has 0 spiro atoms. The summed E-state index contributed by atoms with van der Waals surface area (Å²) >= 11 is 0. The van der Waals surface area contributed by atoms with Gasteiger partial charge in [0.15, 0.2) is 0 Å². The fourth-order valence-electron chi connectivity index (χ4n) is 12.4. The van der Waals surface area contributed by atoms with Crippen molar-refractivity contribution in [3.05, 3.63) is 0 Å². The van der Waals surface area contributed by atoms with Crippen molar-refractivity contribution < 1.29 is 9.53 Å². The van der Waals surface area contributed by atoms with Gasteiger partial charge in [-0.25, -0.2) is 0 Å². The van der Waals surface area contributed by atoms with E-state index in [0.29, 0.717) is 39.6 Å². The summed E-state index contributed by atoms with van der Waals surface area (Å²) in [5.74, 6) is 4.60. The highest BCUT2D eigenvalue weighted by molar-refractivity contribution is 5.65. The van der Waals surface area contributed by atoms with Gasteiger partial charge in [-0.2, -0.15) is 0 Å². The first-order chi connectivity index (χ1) is 15.8. The quantitative estimate of drug-likeness (QED) is 0.386. The topological polar surface area (TPSA) is 26.3 Å². The molecule has 0 unspecified atom stereocenters. The smallest absolute Gasteiger partial charge is 0.302 e. The van der Waals surface area contributed by atoms with Crippen LogP contribution in [0, 0.1) is 62.6 Å². The molecule has 0 aromatic heterocycles. The van der Waals surface area contributed by atoms with Crippen LogP contribution in [-0.2, 0) is 9.53 Å². The first kappa shape index (κ1) is 25.1. The molecule has 0 radical (unpaired) electrons. The number of hydrogen-bond acceptors (Lipinski definition) is 2. The number of esters is 1. The summed E-state index contributed by atoms with van der Waals surface area (Å²) in [6.45, 7) is 20.7. The zero-order chi connectivity index (χ0) is 24.7. The monoisotopic (exact) mass is 470 g/mol. The third-order valence-corrected chi connectivity index (χ3v) is 14.0. The predicted octanol–water partition coefficient (Wildman–Crippen LogP) is 8.68. The van der Waals surface area contributed by atoms with Crippen molar-refractivity contribution in [1.29, 1.82) is 0 Å². The molecule has 34 heavy (non-hydrogen) atoms. The molecule has 0 aromatic rings. The summed E-state index contributed by atoms with van der Waals surface area (Å²) in [5.41, 5.74) is 2.50. The van der Waals surface area contributed by atoms with E-state index in [-0.39, 0.29) is 5.97 Å². The molecule has 5 saturated carbocycles. The van der Waals surface area contributed by atoms with E-state index in [4.69, 9.17) is 4.74 Å². The van der Waals surface area contributed by atoms with Crippen LogP contribution in [0.15, 0.2) is 0 Å². The lowest BCUT2D eigenvalue weighted by atomic mass is 9.32. The van der Waals surface area contributed by atoms with Crippen LogP contribution < -0.4 is 0 Å². The zero-order valence-electron chi connectivity index (χ0n) is 23.8. The van der Waals surface area contributed by atoms with Gasteiger partial charge in [0.2, 0.25) is 0 Å². The van der Waals surface area contributed by atoms with Crippen LogP contribution in [0.4, 0.5) is 0 Å². The Morgan fingerprint density at radius 3 is 2.03 bits per heavy atom. The van der Waals surface area contributed by atoms with E-state index in [1.807, 2.05) is 0 Å². The molecule has 0 aromatic carbocycles. The fourth-order valence-corrected chi connectivity index (χ4v) is 12.4. The highest BCUT2D eigenvalue weighted by Crippen LogP contribution is 2.78. The van der Waals surface area contributed by atoms with E-state index in [2.05, 4.69) is 48.5 Å². The minimum absolute atomic E-state index is 0.120. The van der Waals surface area contributed by atoms with Gasteiger partial charge in [0, 0.05) is 6.92 Å². The van der Waals surface area contributed by atoms with Gasteiger partial charge < -0.3 is 4.74 Å². The van der Waals surface area contributed by atoms with E-state index in [1.165, 1.54) is 70.6 Å². The van der Waals surface area contributed by atoms with Crippen LogP contribution in [0.5, 0.6) is 0 Å². The molecule has 0 amide bonds. The van der Waals surface area contributed by atoms with E-state index in [1.54, 1.807) is 6.92 Å². The second-order valence-corrected chi connectivity index (χ2v) is 15.6. The van der Waals surface area contributed by atoms with Crippen molar-refractivity contribution in [3.8, 4) is 0 Å². The third-order valence-electron chi connectivity index (χ3n) is 14.0. The number of fused-ring (bicyclic) bond motifs is 7. The first-order valence-electron chi connectivity index (χ1n) is 14.9. The van der Waals surface area contributed by atoms with E-state index in [0.717, 1.165) is 29.6 Å². The van der Waals surface area contributed by atoms with E-state index >= 15 is 0 Å². The van der Waals surface area contributed by atoms with Crippen molar-refractivity contribution in [2.45, 2.75) is 126 Å². The van der Waals surface area contributed by atoms with Crippen LogP contribution >= 0.6 is 0 Å². The minimum atomic E-state index is -0.120. The molecule has 0 N–H and O–H groups in total. The molecular weight excluding hydrogens is 416 g/mol. The highest BCUT2D eigenvalue weighted by Gasteiger charge is 2.70. The van der Waals surface area contributed by atoms with Crippen molar-refractivity contribution in [2.75, 3.05) is 6.61 Å². The number of carbonyl (C=O) groups excluding carboxylic acids is 1. The molecule has 5 aliphatic rings. The lowest BCUT2D eigenvalue weighted by Crippen LogP contribution is -2.65. The summed E-state index contributed by atoms with van der Waals surface area (Å²) in [6, 6.07) is 0. The molecule has 5 rings (SSSR count). The molecule has 0 bridgehead atoms. The number of hydrogen-bond donors (Lipinski definition) is 0. The van der Waals surface area contributed by atoms with Gasteiger partial charge in [0.25, 0.3) is 0 Å². The summed E-state index contributed by atoms with van der Waals surface area (Å²) in [7, 11) is 0. The van der Waals surface area contributed by atoms with Crippen LogP contribution in [0.2, 0.25) is 0 Å². The molecule has 5 aliphatic carbocycles. The Morgan fingerprint density at radius 2 is 1.38 bits per heavy atom. The van der Waals surface area contributed by atoms with E-state index in [9.17, 15) is 4.79 Å². The predicted molar refractivity (Wildman–Crippen MR) is 140 cm³/mol. The number of carbonyl (C=O) groups is 1. The minimum Gasteiger partial charge on any atom is -0.466 e. The van der Waals surface area contributed by atoms with Gasteiger partial charge in [-0.1, -0.05) is 54.9 Å². The molecular formula is C32H54O2. The average molecular weight is 471 g/mol. The Kier molecular flexibility index (Phi) is 5.90. The maximum atomic E-state index is 11.5. The molecule has 10 atom stereocenters. The maximum Gasteiger partial charge on any atom is 0.302 e. The number of rotatable bonds is 3. The third kappa shape index (κ3) is 3.27. The largest absolute Gasteiger partial charge is 0.466 e. The van der Waals surface area contributed by atoms with Crippen LogP contribution in [0.3, 0.4) is 0 Å². The average Bonchev–Trinajstić information content (AvgIpc) is 3.09. The second-order valence-electron chi connectivity index (χ2n) is 15.6. The summed E-state index contributed by atoms with van der Waals surface area (Å²) in [4.78, 5) is 11.5. The highest BCUT2D eigenvalue weighted by atomic mass is 16.5. The maximum absolute atomic E-state index is 11.5. The molecule has 0 saturated heterocycles. The van der Waals surface area contributed by atoms with Crippen molar-refractivity contribution in [3.63, 3.8) is 0 Å². The van der Waals surface area contributed by atoms with Crippen LogP contribution in [0.1, 0.15) is 126 Å². The standard InChI is InChI=1S/C32H54O2/c1-21(20-34-22(2)33)23-12-17-29(5)24(23)13-18-31(7)26(29)10-11-27-30(6)16-9-15-28(3,4)25(30)14-19-32(27,31)8/h21,23-27H,9-20H2,1-8H3/t21-,23+,24-,25-,26+,27+,29-,30-,31+,32+/m0/s1. The van der Waals surface area contributed by atoms with Gasteiger partial charge in [-0.05, 0) is 127 Å². The summed E-state index contributed by atoms with van der Waals surface area (Å²) in [5, 5.41) is 0. The molecule has 0 aliphatic heterocycles. The van der Waals surface area contributed by atoms with E-state index < -0.39 is 0 Å². The summed E-state index contributed by atoms with van der Waals surface area (Å²) < 4.78 is 5.48. The van der Waals surface area contributed by atoms with Crippen molar-refractivity contribution in [2.24, 2.45) is 62.6 Å². The van der Waals surface area contributed by atoms with Crippen molar-refractivity contribution in [1.82, 2.24) is 0 Å². The molecule has 194 valence electrons. The Labute approximate surface area is 210 Å². The fraction of sp³-hybridized carbons (Fsp3) is 0.969. The Balaban J connectivity index is 1.43.